The van der Waals surface area contributed by atoms with Gasteiger partial charge in [-0.1, -0.05) is 0 Å². The number of hydrogen-bond donors (Lipinski definition) is 2. The van der Waals surface area contributed by atoms with Gasteiger partial charge in [0.25, 0.3) is 0 Å². The van der Waals surface area contributed by atoms with E-state index in [2.05, 4.69) is 4.98 Å². The van der Waals surface area contributed by atoms with E-state index in [1.807, 2.05) is 0 Å². The van der Waals surface area contributed by atoms with Crippen molar-refractivity contribution >= 4 is 0 Å². The number of aromatic nitrogens is 1. The first-order valence-electron chi connectivity index (χ1n) is 3.11. The molecule has 1 atom stereocenters. The Kier molecular flexibility index (Phi) is 2.42. The van der Waals surface area contributed by atoms with Crippen LogP contribution in [0.4, 0.5) is 0 Å². The topological polar surface area (TPSA) is 72.3 Å². The molecule has 56 valence electrons. The fourth-order valence-corrected chi connectivity index (χ4v) is 0.690. The molecule has 1 aromatic heterocycles. The predicted octanol–water partition coefficient (Wildman–Crippen LogP) is 0.0568. The van der Waals surface area contributed by atoms with Gasteiger partial charge in [-0.05, 0) is 13.0 Å². The Hall–Kier alpha value is -0.870. The molecule has 0 aromatic carbocycles. The highest BCUT2D eigenvalue weighted by Crippen LogP contribution is 2.13. The van der Waals surface area contributed by atoms with Crippen LogP contribution in [-0.2, 0) is 0 Å². The van der Waals surface area contributed by atoms with Crippen LogP contribution in [0.5, 0.6) is 0 Å². The molecule has 1 aromatic rings. The molecular formula is C6H10N2O2. The molecule has 0 fully saturated rings. The van der Waals surface area contributed by atoms with Gasteiger partial charge < -0.3 is 15.3 Å². The molecule has 3 N–H and O–H groups in total. The summed E-state index contributed by atoms with van der Waals surface area (Å²) in [6.07, 6.45) is 2.68. The van der Waals surface area contributed by atoms with Gasteiger partial charge in [0.15, 0.2) is 12.2 Å². The smallest absolute Gasteiger partial charge is 0.180 e. The van der Waals surface area contributed by atoms with Crippen LogP contribution in [0.3, 0.4) is 0 Å². The van der Waals surface area contributed by atoms with E-state index >= 15 is 0 Å². The summed E-state index contributed by atoms with van der Waals surface area (Å²) in [4.78, 5) is 3.66. The Bertz CT molecular complexity index is 174. The van der Waals surface area contributed by atoms with Crippen LogP contribution in [0, 0.1) is 0 Å². The van der Waals surface area contributed by atoms with E-state index in [1.54, 1.807) is 0 Å². The predicted molar refractivity (Wildman–Crippen MR) is 35.1 cm³/mol. The van der Waals surface area contributed by atoms with Crippen LogP contribution >= 0.6 is 0 Å². The second-order valence-corrected chi connectivity index (χ2v) is 2.00. The molecule has 0 saturated carbocycles. The zero-order chi connectivity index (χ0) is 7.40. The first kappa shape index (κ1) is 7.24. The van der Waals surface area contributed by atoms with Gasteiger partial charge in [0.1, 0.15) is 6.10 Å². The monoisotopic (exact) mass is 142 g/mol. The average Bonchev–Trinajstić information content (AvgIpc) is 2.38. The summed E-state index contributed by atoms with van der Waals surface area (Å²) >= 11 is 0. The maximum Gasteiger partial charge on any atom is 0.180 e. The Labute approximate surface area is 58.7 Å². The zero-order valence-electron chi connectivity index (χ0n) is 5.53. The third-order valence-electron chi connectivity index (χ3n) is 1.22. The summed E-state index contributed by atoms with van der Waals surface area (Å²) in [6, 6.07) is 0. The van der Waals surface area contributed by atoms with E-state index < -0.39 is 6.10 Å². The van der Waals surface area contributed by atoms with Gasteiger partial charge in [-0.25, -0.2) is 4.98 Å². The van der Waals surface area contributed by atoms with Gasteiger partial charge in [0.2, 0.25) is 0 Å². The normalized spacial score (nSPS) is 13.4. The fraction of sp³-hybridized carbons (Fsp3) is 0.500. The summed E-state index contributed by atoms with van der Waals surface area (Å²) in [7, 11) is 0. The maximum atomic E-state index is 9.20. The lowest BCUT2D eigenvalue weighted by Gasteiger charge is -2.02. The van der Waals surface area contributed by atoms with Crippen LogP contribution in [0.2, 0.25) is 0 Å². The van der Waals surface area contributed by atoms with E-state index in [9.17, 15) is 5.11 Å². The van der Waals surface area contributed by atoms with Crippen molar-refractivity contribution in [1.29, 1.82) is 0 Å². The van der Waals surface area contributed by atoms with E-state index in [-0.39, 0.29) is 0 Å². The van der Waals surface area contributed by atoms with Crippen molar-refractivity contribution in [3.63, 3.8) is 0 Å². The minimum Gasteiger partial charge on any atom is -0.446 e. The fourth-order valence-electron chi connectivity index (χ4n) is 0.690. The molecule has 0 amide bonds. The number of rotatable bonds is 3. The molecule has 0 saturated heterocycles. The number of aliphatic hydroxyl groups excluding tert-OH is 1. The second kappa shape index (κ2) is 3.34. The summed E-state index contributed by atoms with van der Waals surface area (Å²) in [5, 5.41) is 9.20. The first-order chi connectivity index (χ1) is 4.84. The highest BCUT2D eigenvalue weighted by Gasteiger charge is 2.08. The Morgan fingerprint density at radius 2 is 2.60 bits per heavy atom. The largest absolute Gasteiger partial charge is 0.446 e. The van der Waals surface area contributed by atoms with Gasteiger partial charge in [0.05, 0.1) is 6.20 Å². The number of aliphatic hydroxyl groups is 1. The second-order valence-electron chi connectivity index (χ2n) is 2.00. The molecule has 0 bridgehead atoms. The minimum atomic E-state index is -0.604. The lowest BCUT2D eigenvalue weighted by molar-refractivity contribution is 0.143. The van der Waals surface area contributed by atoms with Gasteiger partial charge in [-0.3, -0.25) is 0 Å². The summed E-state index contributed by atoms with van der Waals surface area (Å²) < 4.78 is 4.83. The number of oxazole rings is 1. The number of nitrogens with two attached hydrogens (primary N) is 1. The lowest BCUT2D eigenvalue weighted by atomic mass is 10.2. The first-order valence-corrected chi connectivity index (χ1v) is 3.11. The van der Waals surface area contributed by atoms with Crippen molar-refractivity contribution < 1.29 is 9.52 Å². The van der Waals surface area contributed by atoms with Gasteiger partial charge in [-0.2, -0.15) is 0 Å². The van der Waals surface area contributed by atoms with Crippen LogP contribution in [-0.4, -0.2) is 16.6 Å². The molecule has 1 rings (SSSR count). The van der Waals surface area contributed by atoms with Crippen LogP contribution < -0.4 is 5.73 Å². The van der Waals surface area contributed by atoms with Crippen LogP contribution in [0.15, 0.2) is 17.0 Å². The molecule has 0 radical (unpaired) electrons. The zero-order valence-corrected chi connectivity index (χ0v) is 5.53. The van der Waals surface area contributed by atoms with Crippen molar-refractivity contribution in [2.75, 3.05) is 6.54 Å². The Balaban J connectivity index is 2.50. The highest BCUT2D eigenvalue weighted by atomic mass is 16.4. The molecule has 0 unspecified atom stereocenters. The number of hydrogen-bond acceptors (Lipinski definition) is 4. The molecule has 0 aliphatic carbocycles. The molecule has 0 aliphatic rings. The summed E-state index contributed by atoms with van der Waals surface area (Å²) in [5.74, 6) is 0.477. The van der Waals surface area contributed by atoms with Crippen molar-refractivity contribution in [3.05, 3.63) is 18.4 Å². The van der Waals surface area contributed by atoms with Gasteiger partial charge >= 0.3 is 0 Å². The standard InChI is InChI=1S/C6H10N2O2/c7-2-1-5(9)6-3-8-4-10-6/h3-5,9H,1-2,7H2/t5-/m1/s1. The molecular weight excluding hydrogens is 132 g/mol. The van der Waals surface area contributed by atoms with E-state index in [0.29, 0.717) is 18.7 Å². The molecule has 4 heteroatoms. The molecule has 4 nitrogen and oxygen atoms in total. The third-order valence-corrected chi connectivity index (χ3v) is 1.22. The SMILES string of the molecule is NCC[C@@H](O)c1cnco1. The minimum absolute atomic E-state index is 0.446. The molecule has 10 heavy (non-hydrogen) atoms. The average molecular weight is 142 g/mol. The summed E-state index contributed by atoms with van der Waals surface area (Å²) in [5.41, 5.74) is 5.21. The maximum absolute atomic E-state index is 9.20. The number of nitrogens with zero attached hydrogens (tertiary/aromatic N) is 1. The van der Waals surface area contributed by atoms with Gasteiger partial charge in [-0.15, -0.1) is 0 Å². The lowest BCUT2D eigenvalue weighted by Crippen LogP contribution is -2.05. The van der Waals surface area contributed by atoms with E-state index in [0.717, 1.165) is 0 Å². The van der Waals surface area contributed by atoms with Crippen molar-refractivity contribution in [3.8, 4) is 0 Å². The van der Waals surface area contributed by atoms with Crippen molar-refractivity contribution in [1.82, 2.24) is 4.98 Å². The molecule has 0 spiro atoms. The van der Waals surface area contributed by atoms with Crippen LogP contribution in [0.1, 0.15) is 18.3 Å². The highest BCUT2D eigenvalue weighted by molar-refractivity contribution is 4.93. The van der Waals surface area contributed by atoms with Crippen LogP contribution in [0.25, 0.3) is 0 Å². The quantitative estimate of drug-likeness (QED) is 0.625. The van der Waals surface area contributed by atoms with Crippen molar-refractivity contribution in [2.24, 2.45) is 5.73 Å². The molecule has 1 heterocycles. The van der Waals surface area contributed by atoms with Crippen molar-refractivity contribution in [2.45, 2.75) is 12.5 Å². The Morgan fingerprint density at radius 3 is 3.10 bits per heavy atom. The van der Waals surface area contributed by atoms with E-state index in [1.165, 1.54) is 12.6 Å². The molecule has 0 aliphatic heterocycles. The third kappa shape index (κ3) is 1.55. The van der Waals surface area contributed by atoms with Gasteiger partial charge in [0, 0.05) is 0 Å². The Morgan fingerprint density at radius 1 is 1.80 bits per heavy atom. The van der Waals surface area contributed by atoms with E-state index in [4.69, 9.17) is 10.2 Å². The summed E-state index contributed by atoms with van der Waals surface area (Å²) in [6.45, 7) is 0.446.